The van der Waals surface area contributed by atoms with Gasteiger partial charge >= 0.3 is 0 Å². The van der Waals surface area contributed by atoms with Crippen molar-refractivity contribution in [1.29, 1.82) is 0 Å². The molecule has 2 fully saturated rings. The van der Waals surface area contributed by atoms with Crippen molar-refractivity contribution in [3.63, 3.8) is 0 Å². The number of anilines is 1. The molecule has 2 heterocycles. The Morgan fingerprint density at radius 3 is 2.22 bits per heavy atom. The number of nitrogens with one attached hydrogen (secondary N) is 1. The van der Waals surface area contributed by atoms with Gasteiger partial charge in [0.15, 0.2) is 0 Å². The molecule has 1 atom stereocenters. The Labute approximate surface area is 210 Å². The molecular weight excluding hydrogens is 462 g/mol. The van der Waals surface area contributed by atoms with E-state index in [2.05, 4.69) is 5.32 Å². The number of hydrogen-bond donors (Lipinski definition) is 1. The Hall–Kier alpha value is -3.95. The average molecular weight is 494 g/mol. The minimum Gasteiger partial charge on any atom is -0.362 e. The van der Waals surface area contributed by atoms with Crippen LogP contribution in [0.4, 0.5) is 11.4 Å². The second-order valence-corrected chi connectivity index (χ2v) is 9.20. The highest BCUT2D eigenvalue weighted by Gasteiger charge is 2.30. The molecule has 36 heavy (non-hydrogen) atoms. The van der Waals surface area contributed by atoms with Crippen LogP contribution in [0.3, 0.4) is 0 Å². The third-order valence-corrected chi connectivity index (χ3v) is 6.80. The van der Waals surface area contributed by atoms with Crippen molar-refractivity contribution in [2.45, 2.75) is 32.2 Å². The Balaban J connectivity index is 1.53. The van der Waals surface area contributed by atoms with E-state index in [4.69, 9.17) is 0 Å². The van der Waals surface area contributed by atoms with Gasteiger partial charge in [-0.1, -0.05) is 30.3 Å². The minimum atomic E-state index is -0.767. The number of carbonyl (C=O) groups is 3. The molecule has 10 heteroatoms. The maximum Gasteiger partial charge on any atom is 0.293 e. The smallest absolute Gasteiger partial charge is 0.293 e. The molecule has 1 unspecified atom stereocenters. The Bertz CT molecular complexity index is 1120. The first kappa shape index (κ1) is 25.2. The first-order valence-corrected chi connectivity index (χ1v) is 12.3. The van der Waals surface area contributed by atoms with Gasteiger partial charge in [0, 0.05) is 64.2 Å². The van der Waals surface area contributed by atoms with Crippen molar-refractivity contribution in [3.8, 4) is 0 Å². The molecule has 2 aromatic rings. The lowest BCUT2D eigenvalue weighted by Crippen LogP contribution is -2.49. The van der Waals surface area contributed by atoms with Gasteiger partial charge in [-0.2, -0.15) is 0 Å². The zero-order chi connectivity index (χ0) is 25.7. The van der Waals surface area contributed by atoms with Crippen LogP contribution < -0.4 is 10.2 Å². The topological polar surface area (TPSA) is 116 Å². The first-order valence-electron chi connectivity index (χ1n) is 12.3. The quantitative estimate of drug-likeness (QED) is 0.467. The highest BCUT2D eigenvalue weighted by molar-refractivity contribution is 5.98. The molecule has 0 bridgehead atoms. The third-order valence-electron chi connectivity index (χ3n) is 6.80. The Morgan fingerprint density at radius 2 is 1.61 bits per heavy atom. The number of likely N-dealkylation sites (tertiary alicyclic amines) is 1. The van der Waals surface area contributed by atoms with Gasteiger partial charge in [-0.15, -0.1) is 0 Å². The summed E-state index contributed by atoms with van der Waals surface area (Å²) in [7, 11) is 0. The molecule has 2 saturated heterocycles. The van der Waals surface area contributed by atoms with Gasteiger partial charge in [-0.3, -0.25) is 24.5 Å². The molecule has 0 spiro atoms. The third kappa shape index (κ3) is 5.81. The summed E-state index contributed by atoms with van der Waals surface area (Å²) < 4.78 is 0. The summed E-state index contributed by atoms with van der Waals surface area (Å²) in [6, 6.07) is 13.1. The zero-order valence-corrected chi connectivity index (χ0v) is 20.4. The Morgan fingerprint density at radius 1 is 0.944 bits per heavy atom. The molecule has 0 aliphatic carbocycles. The van der Waals surface area contributed by atoms with E-state index in [0.717, 1.165) is 18.4 Å². The standard InChI is InChI=1S/C26H31N5O5/c1-19(32)28-13-15-29(16-14-28)23-10-9-21(18-24(23)31(35)36)25(33)27-22(17-20-7-3-2-4-8-20)26(34)30-11-5-6-12-30/h2-4,7-10,18,22H,5-6,11-17H2,1H3,(H,27,33). The van der Waals surface area contributed by atoms with E-state index in [9.17, 15) is 24.5 Å². The van der Waals surface area contributed by atoms with E-state index in [1.54, 1.807) is 21.9 Å². The van der Waals surface area contributed by atoms with Crippen LogP contribution in [0.1, 0.15) is 35.7 Å². The number of nitro groups is 1. The van der Waals surface area contributed by atoms with Crippen molar-refractivity contribution in [1.82, 2.24) is 15.1 Å². The summed E-state index contributed by atoms with van der Waals surface area (Å²) in [5.74, 6) is -0.691. The summed E-state index contributed by atoms with van der Waals surface area (Å²) in [5, 5.41) is 14.7. The fourth-order valence-electron chi connectivity index (χ4n) is 4.79. The molecule has 2 aliphatic heterocycles. The number of nitro benzene ring substituents is 1. The zero-order valence-electron chi connectivity index (χ0n) is 20.4. The predicted octanol–water partition coefficient (Wildman–Crippen LogP) is 2.23. The summed E-state index contributed by atoms with van der Waals surface area (Å²) in [6.07, 6.45) is 2.21. The van der Waals surface area contributed by atoms with Gasteiger partial charge in [0.25, 0.3) is 11.6 Å². The van der Waals surface area contributed by atoms with Crippen LogP contribution in [0, 0.1) is 10.1 Å². The monoisotopic (exact) mass is 493 g/mol. The van der Waals surface area contributed by atoms with Crippen molar-refractivity contribution < 1.29 is 19.3 Å². The maximum absolute atomic E-state index is 13.2. The second-order valence-electron chi connectivity index (χ2n) is 9.20. The highest BCUT2D eigenvalue weighted by Crippen LogP contribution is 2.30. The molecule has 1 N–H and O–H groups in total. The minimum absolute atomic E-state index is 0.0234. The Kier molecular flexibility index (Phi) is 7.82. The maximum atomic E-state index is 13.2. The van der Waals surface area contributed by atoms with Crippen molar-refractivity contribution in [3.05, 3.63) is 69.8 Å². The number of amides is 3. The molecule has 3 amide bonds. The molecule has 0 saturated carbocycles. The normalized spacial score (nSPS) is 16.5. The van der Waals surface area contributed by atoms with Gasteiger partial charge in [0.05, 0.1) is 4.92 Å². The van der Waals surface area contributed by atoms with Crippen molar-refractivity contribution in [2.75, 3.05) is 44.2 Å². The van der Waals surface area contributed by atoms with Crippen LogP contribution in [-0.4, -0.2) is 77.8 Å². The molecule has 190 valence electrons. The number of benzene rings is 2. The molecule has 0 radical (unpaired) electrons. The van der Waals surface area contributed by atoms with Crippen LogP contribution in [0.5, 0.6) is 0 Å². The molecule has 0 aromatic heterocycles. The lowest BCUT2D eigenvalue weighted by atomic mass is 10.0. The number of rotatable bonds is 7. The van der Waals surface area contributed by atoms with Crippen LogP contribution in [0.15, 0.2) is 48.5 Å². The van der Waals surface area contributed by atoms with E-state index in [-0.39, 0.29) is 23.1 Å². The average Bonchev–Trinajstić information content (AvgIpc) is 3.43. The SMILES string of the molecule is CC(=O)N1CCN(c2ccc(C(=O)NC(Cc3ccccc3)C(=O)N3CCCC3)cc2[N+](=O)[O-])CC1. The van der Waals surface area contributed by atoms with Gasteiger partial charge in [0.2, 0.25) is 11.8 Å². The largest absolute Gasteiger partial charge is 0.362 e. The van der Waals surface area contributed by atoms with E-state index in [0.29, 0.717) is 51.4 Å². The summed E-state index contributed by atoms with van der Waals surface area (Å²) in [5.41, 5.74) is 1.28. The lowest BCUT2D eigenvalue weighted by molar-refractivity contribution is -0.384. The van der Waals surface area contributed by atoms with Crippen molar-refractivity contribution in [2.24, 2.45) is 0 Å². The summed E-state index contributed by atoms with van der Waals surface area (Å²) in [6.45, 7) is 4.73. The number of nitrogens with zero attached hydrogens (tertiary/aromatic N) is 4. The molecular formula is C26H31N5O5. The van der Waals surface area contributed by atoms with Gasteiger partial charge in [-0.25, -0.2) is 0 Å². The summed E-state index contributed by atoms with van der Waals surface area (Å²) >= 11 is 0. The van der Waals surface area contributed by atoms with E-state index < -0.39 is 16.9 Å². The van der Waals surface area contributed by atoms with Gasteiger partial charge in [0.1, 0.15) is 11.7 Å². The van der Waals surface area contributed by atoms with Crippen molar-refractivity contribution >= 4 is 29.1 Å². The fourth-order valence-corrected chi connectivity index (χ4v) is 4.79. The molecule has 2 aromatic carbocycles. The lowest BCUT2D eigenvalue weighted by Gasteiger charge is -2.35. The molecule has 4 rings (SSSR count). The molecule has 2 aliphatic rings. The fraction of sp³-hybridized carbons (Fsp3) is 0.423. The van der Waals surface area contributed by atoms with Gasteiger partial charge < -0.3 is 20.0 Å². The second kappa shape index (κ2) is 11.2. The van der Waals surface area contributed by atoms with Crippen LogP contribution in [0.2, 0.25) is 0 Å². The summed E-state index contributed by atoms with van der Waals surface area (Å²) in [4.78, 5) is 54.7. The van der Waals surface area contributed by atoms with Crippen LogP contribution >= 0.6 is 0 Å². The van der Waals surface area contributed by atoms with Crippen LogP contribution in [0.25, 0.3) is 0 Å². The van der Waals surface area contributed by atoms with Crippen LogP contribution in [-0.2, 0) is 16.0 Å². The van der Waals surface area contributed by atoms with Gasteiger partial charge in [-0.05, 0) is 30.5 Å². The highest BCUT2D eigenvalue weighted by atomic mass is 16.6. The van der Waals surface area contributed by atoms with E-state index in [1.807, 2.05) is 35.2 Å². The number of piperazine rings is 1. The van der Waals surface area contributed by atoms with E-state index >= 15 is 0 Å². The predicted molar refractivity (Wildman–Crippen MR) is 135 cm³/mol. The molecule has 10 nitrogen and oxygen atoms in total. The van der Waals surface area contributed by atoms with E-state index in [1.165, 1.54) is 13.0 Å². The first-order chi connectivity index (χ1) is 17.3. The number of hydrogen-bond acceptors (Lipinski definition) is 6. The number of carbonyl (C=O) groups excluding carboxylic acids is 3.